The van der Waals surface area contributed by atoms with Gasteiger partial charge in [0.1, 0.15) is 5.52 Å². The number of imidazole rings is 1. The third-order valence-corrected chi connectivity index (χ3v) is 4.11. The molecule has 94 valence electrons. The van der Waals surface area contributed by atoms with Gasteiger partial charge in [-0.15, -0.1) is 0 Å². The lowest BCUT2D eigenvalue weighted by atomic mass is 9.95. The zero-order chi connectivity index (χ0) is 12.3. The maximum atomic E-state index is 6.07. The molecule has 0 amide bonds. The first-order chi connectivity index (χ1) is 8.72. The second-order valence-electron chi connectivity index (χ2n) is 5.31. The van der Waals surface area contributed by atoms with Crippen molar-refractivity contribution >= 4 is 17.1 Å². The van der Waals surface area contributed by atoms with Crippen LogP contribution in [0.1, 0.15) is 31.0 Å². The Morgan fingerprint density at radius 2 is 2.22 bits per heavy atom. The van der Waals surface area contributed by atoms with Crippen molar-refractivity contribution in [1.82, 2.24) is 14.5 Å². The summed E-state index contributed by atoms with van der Waals surface area (Å²) in [5, 5.41) is 0. The highest BCUT2D eigenvalue weighted by Gasteiger charge is 2.43. The molecule has 0 saturated carbocycles. The number of fused-ring (bicyclic) bond motifs is 3. The Bertz CT molecular complexity index is 621. The summed E-state index contributed by atoms with van der Waals surface area (Å²) in [6.07, 6.45) is 4.04. The number of rotatable bonds is 1. The summed E-state index contributed by atoms with van der Waals surface area (Å²) in [5.74, 6) is 0.559. The summed E-state index contributed by atoms with van der Waals surface area (Å²) in [6, 6.07) is 4.26. The SMILES string of the molecule is Cc1ccc2nc(N)n(C3CC4CCC3O4)c2n1. The first-order valence-electron chi connectivity index (χ1n) is 6.49. The van der Waals surface area contributed by atoms with Crippen LogP contribution in [0.3, 0.4) is 0 Å². The maximum absolute atomic E-state index is 6.07. The molecule has 3 atom stereocenters. The van der Waals surface area contributed by atoms with Crippen LogP contribution < -0.4 is 5.73 Å². The lowest BCUT2D eigenvalue weighted by Gasteiger charge is -2.21. The Balaban J connectivity index is 1.88. The summed E-state index contributed by atoms with van der Waals surface area (Å²) in [7, 11) is 0. The highest BCUT2D eigenvalue weighted by Crippen LogP contribution is 2.43. The smallest absolute Gasteiger partial charge is 0.202 e. The Labute approximate surface area is 105 Å². The molecule has 2 aromatic rings. The fraction of sp³-hybridized carbons (Fsp3) is 0.538. The molecule has 18 heavy (non-hydrogen) atoms. The van der Waals surface area contributed by atoms with Gasteiger partial charge >= 0.3 is 0 Å². The minimum Gasteiger partial charge on any atom is -0.373 e. The summed E-state index contributed by atoms with van der Waals surface area (Å²) < 4.78 is 7.99. The van der Waals surface area contributed by atoms with Crippen molar-refractivity contribution in [2.45, 2.75) is 44.4 Å². The van der Waals surface area contributed by atoms with E-state index in [0.717, 1.165) is 29.7 Å². The highest BCUT2D eigenvalue weighted by atomic mass is 16.5. The molecule has 5 heteroatoms. The molecule has 2 saturated heterocycles. The number of aromatic nitrogens is 3. The van der Waals surface area contributed by atoms with Gasteiger partial charge in [-0.25, -0.2) is 9.97 Å². The van der Waals surface area contributed by atoms with Gasteiger partial charge < -0.3 is 10.5 Å². The fourth-order valence-electron chi connectivity index (χ4n) is 3.30. The average Bonchev–Trinajstić information content (AvgIpc) is 3.01. The van der Waals surface area contributed by atoms with Crippen molar-refractivity contribution < 1.29 is 4.74 Å². The van der Waals surface area contributed by atoms with Gasteiger partial charge in [0.2, 0.25) is 5.95 Å². The zero-order valence-electron chi connectivity index (χ0n) is 10.3. The zero-order valence-corrected chi connectivity index (χ0v) is 10.3. The van der Waals surface area contributed by atoms with Gasteiger partial charge in [-0.05, 0) is 38.3 Å². The molecule has 4 heterocycles. The second-order valence-corrected chi connectivity index (χ2v) is 5.31. The van der Waals surface area contributed by atoms with Crippen LogP contribution in [0.5, 0.6) is 0 Å². The normalized spacial score (nSPS) is 30.4. The van der Waals surface area contributed by atoms with Gasteiger partial charge in [0.25, 0.3) is 0 Å². The third kappa shape index (κ3) is 1.31. The van der Waals surface area contributed by atoms with E-state index in [9.17, 15) is 0 Å². The van der Waals surface area contributed by atoms with Gasteiger partial charge in [-0.3, -0.25) is 4.57 Å². The van der Waals surface area contributed by atoms with E-state index < -0.39 is 0 Å². The number of ether oxygens (including phenoxy) is 1. The Morgan fingerprint density at radius 3 is 2.94 bits per heavy atom. The monoisotopic (exact) mass is 244 g/mol. The summed E-state index contributed by atoms with van der Waals surface area (Å²) in [4.78, 5) is 8.99. The molecular formula is C13H16N4O. The summed E-state index contributed by atoms with van der Waals surface area (Å²) >= 11 is 0. The fourth-order valence-corrected chi connectivity index (χ4v) is 3.30. The van der Waals surface area contributed by atoms with Crippen molar-refractivity contribution in [3.63, 3.8) is 0 Å². The highest BCUT2D eigenvalue weighted by molar-refractivity contribution is 5.74. The van der Waals surface area contributed by atoms with Crippen molar-refractivity contribution in [2.24, 2.45) is 0 Å². The number of nitrogens with two attached hydrogens (primary N) is 1. The second kappa shape index (κ2) is 3.45. The molecule has 2 fully saturated rings. The van der Waals surface area contributed by atoms with Crippen LogP contribution in [0.15, 0.2) is 12.1 Å². The Kier molecular flexibility index (Phi) is 1.97. The van der Waals surface area contributed by atoms with Gasteiger partial charge in [-0.2, -0.15) is 0 Å². The molecule has 2 bridgehead atoms. The van der Waals surface area contributed by atoms with Crippen molar-refractivity contribution in [3.05, 3.63) is 17.8 Å². The predicted molar refractivity (Wildman–Crippen MR) is 68.2 cm³/mol. The lowest BCUT2D eigenvalue weighted by molar-refractivity contribution is 0.0945. The van der Waals surface area contributed by atoms with Crippen LogP contribution in [-0.4, -0.2) is 26.7 Å². The number of pyridine rings is 1. The van der Waals surface area contributed by atoms with Gasteiger partial charge in [0, 0.05) is 5.69 Å². The van der Waals surface area contributed by atoms with E-state index in [4.69, 9.17) is 10.5 Å². The molecular weight excluding hydrogens is 228 g/mol. The summed E-state index contributed by atoms with van der Waals surface area (Å²) in [5.41, 5.74) is 8.84. The van der Waals surface area contributed by atoms with E-state index in [1.54, 1.807) is 0 Å². The van der Waals surface area contributed by atoms with Crippen LogP contribution in [-0.2, 0) is 4.74 Å². The van der Waals surface area contributed by atoms with E-state index in [2.05, 4.69) is 14.5 Å². The molecule has 2 aliphatic rings. The molecule has 3 unspecified atom stereocenters. The number of anilines is 1. The van der Waals surface area contributed by atoms with E-state index in [1.807, 2.05) is 19.1 Å². The molecule has 0 spiro atoms. The van der Waals surface area contributed by atoms with Gasteiger partial charge in [-0.1, -0.05) is 0 Å². The topological polar surface area (TPSA) is 66.0 Å². The molecule has 0 aliphatic carbocycles. The van der Waals surface area contributed by atoms with Crippen molar-refractivity contribution in [2.75, 3.05) is 5.73 Å². The molecule has 0 radical (unpaired) electrons. The molecule has 5 nitrogen and oxygen atoms in total. The van der Waals surface area contributed by atoms with E-state index in [-0.39, 0.29) is 6.10 Å². The molecule has 4 rings (SSSR count). The third-order valence-electron chi connectivity index (χ3n) is 4.11. The summed E-state index contributed by atoms with van der Waals surface area (Å²) in [6.45, 7) is 1.99. The molecule has 2 aliphatic heterocycles. The van der Waals surface area contributed by atoms with E-state index in [1.165, 1.54) is 6.42 Å². The first kappa shape index (κ1) is 10.3. The lowest BCUT2D eigenvalue weighted by Crippen LogP contribution is -2.22. The number of aryl methyl sites for hydroxylation is 1. The first-order valence-corrected chi connectivity index (χ1v) is 6.49. The van der Waals surface area contributed by atoms with Gasteiger partial charge in [0.05, 0.1) is 18.2 Å². The standard InChI is InChI=1S/C13H16N4O/c1-7-2-4-9-12(15-7)17(13(14)16-9)10-6-8-3-5-11(10)18-8/h2,4,8,10-11H,3,5-6H2,1H3,(H2,14,16). The number of nitrogen functional groups attached to an aromatic ring is 1. The molecule has 2 aromatic heterocycles. The average molecular weight is 244 g/mol. The Morgan fingerprint density at radius 1 is 1.33 bits per heavy atom. The van der Waals surface area contributed by atoms with E-state index in [0.29, 0.717) is 18.1 Å². The molecule has 2 N–H and O–H groups in total. The minimum atomic E-state index is 0.289. The van der Waals surface area contributed by atoms with Crippen LogP contribution in [0.25, 0.3) is 11.2 Å². The number of hydrogen-bond donors (Lipinski definition) is 1. The van der Waals surface area contributed by atoms with Crippen molar-refractivity contribution in [1.29, 1.82) is 0 Å². The van der Waals surface area contributed by atoms with Crippen molar-refractivity contribution in [3.8, 4) is 0 Å². The minimum absolute atomic E-state index is 0.289. The Hall–Kier alpha value is -1.62. The predicted octanol–water partition coefficient (Wildman–Crippen LogP) is 1.81. The van der Waals surface area contributed by atoms with Crippen LogP contribution in [0.2, 0.25) is 0 Å². The quantitative estimate of drug-likeness (QED) is 0.831. The van der Waals surface area contributed by atoms with Gasteiger partial charge in [0.15, 0.2) is 5.65 Å². The van der Waals surface area contributed by atoms with Crippen LogP contribution in [0.4, 0.5) is 5.95 Å². The molecule has 0 aromatic carbocycles. The van der Waals surface area contributed by atoms with E-state index >= 15 is 0 Å². The van der Waals surface area contributed by atoms with Crippen LogP contribution >= 0.6 is 0 Å². The largest absolute Gasteiger partial charge is 0.373 e. The number of nitrogens with zero attached hydrogens (tertiary/aromatic N) is 3. The van der Waals surface area contributed by atoms with Crippen LogP contribution in [0, 0.1) is 6.92 Å². The maximum Gasteiger partial charge on any atom is 0.202 e. The number of hydrogen-bond acceptors (Lipinski definition) is 4.